The van der Waals surface area contributed by atoms with E-state index < -0.39 is 5.92 Å². The van der Waals surface area contributed by atoms with Crippen molar-refractivity contribution in [1.29, 1.82) is 0 Å². The number of Topliss-reactive ketones (excluding diaryl/α,β-unsaturated/α-hetero) is 1. The average Bonchev–Trinajstić information content (AvgIpc) is 2.85. The topological polar surface area (TPSA) is 37.4 Å². The van der Waals surface area contributed by atoms with Gasteiger partial charge in [0.25, 0.3) is 0 Å². The molecule has 5 rings (SSSR count). The van der Waals surface area contributed by atoms with Gasteiger partial charge in [-0.05, 0) is 35.0 Å². The Morgan fingerprint density at radius 1 is 1.00 bits per heavy atom. The SMILES string of the molecule is CC(C)C1=CC2=C(CCN(C(=O)CC3CC(F)(F)C3)C2)C(=O)C1C(c1ccccc1)c1ccccc1. The van der Waals surface area contributed by atoms with Crippen LogP contribution in [-0.4, -0.2) is 35.6 Å². The molecule has 1 unspecified atom stereocenters. The van der Waals surface area contributed by atoms with Gasteiger partial charge in [0.1, 0.15) is 0 Å². The fourth-order valence-electron chi connectivity index (χ4n) is 6.12. The van der Waals surface area contributed by atoms with Crippen LogP contribution in [0.5, 0.6) is 0 Å². The Morgan fingerprint density at radius 2 is 1.58 bits per heavy atom. The predicted molar refractivity (Wildman–Crippen MR) is 137 cm³/mol. The molecule has 1 aliphatic heterocycles. The second-order valence-corrected chi connectivity index (χ2v) is 10.8. The molecular formula is C31H33F2NO2. The van der Waals surface area contributed by atoms with Gasteiger partial charge in [-0.25, -0.2) is 8.78 Å². The molecule has 0 radical (unpaired) electrons. The summed E-state index contributed by atoms with van der Waals surface area (Å²) in [6.45, 7) is 5.08. The Hall–Kier alpha value is -3.08. The Kier molecular flexibility index (Phi) is 6.67. The second kappa shape index (κ2) is 9.76. The number of amides is 1. The van der Waals surface area contributed by atoms with Gasteiger partial charge in [0.05, 0.1) is 5.92 Å². The average molecular weight is 490 g/mol. The molecule has 1 saturated carbocycles. The van der Waals surface area contributed by atoms with Crippen molar-refractivity contribution in [3.05, 3.63) is 94.6 Å². The first-order valence-corrected chi connectivity index (χ1v) is 13.0. The highest BCUT2D eigenvalue weighted by Gasteiger charge is 2.46. The molecule has 0 saturated heterocycles. The van der Waals surface area contributed by atoms with Crippen LogP contribution in [0.1, 0.15) is 56.6 Å². The molecule has 0 aromatic heterocycles. The van der Waals surface area contributed by atoms with Crippen LogP contribution in [0.25, 0.3) is 0 Å². The van der Waals surface area contributed by atoms with E-state index >= 15 is 0 Å². The van der Waals surface area contributed by atoms with E-state index in [2.05, 4.69) is 44.2 Å². The monoisotopic (exact) mass is 489 g/mol. The first-order chi connectivity index (χ1) is 17.2. The molecule has 2 aliphatic carbocycles. The molecule has 2 aromatic carbocycles. The van der Waals surface area contributed by atoms with Gasteiger partial charge in [-0.3, -0.25) is 9.59 Å². The fraction of sp³-hybridized carbons (Fsp3) is 0.419. The molecule has 1 atom stereocenters. The zero-order valence-electron chi connectivity index (χ0n) is 20.9. The number of allylic oxidation sites excluding steroid dienone is 1. The number of carbonyl (C=O) groups is 2. The maximum absolute atomic E-state index is 14.2. The molecule has 188 valence electrons. The van der Waals surface area contributed by atoms with E-state index in [4.69, 9.17) is 0 Å². The maximum Gasteiger partial charge on any atom is 0.248 e. The number of carbonyl (C=O) groups excluding carboxylic acids is 2. The zero-order chi connectivity index (χ0) is 25.4. The van der Waals surface area contributed by atoms with Crippen LogP contribution in [0.3, 0.4) is 0 Å². The Balaban J connectivity index is 1.44. The van der Waals surface area contributed by atoms with Crippen LogP contribution in [0, 0.1) is 17.8 Å². The van der Waals surface area contributed by atoms with Crippen molar-refractivity contribution in [3.63, 3.8) is 0 Å². The highest BCUT2D eigenvalue weighted by Crippen LogP contribution is 2.46. The Labute approximate surface area is 211 Å². The lowest BCUT2D eigenvalue weighted by Gasteiger charge is -2.40. The van der Waals surface area contributed by atoms with Gasteiger partial charge in [0.15, 0.2) is 5.78 Å². The summed E-state index contributed by atoms with van der Waals surface area (Å²) < 4.78 is 26.5. The number of halogens is 2. The van der Waals surface area contributed by atoms with Crippen molar-refractivity contribution in [2.24, 2.45) is 17.8 Å². The van der Waals surface area contributed by atoms with Crippen LogP contribution >= 0.6 is 0 Å². The smallest absolute Gasteiger partial charge is 0.248 e. The molecular weight excluding hydrogens is 456 g/mol. The van der Waals surface area contributed by atoms with E-state index in [1.807, 2.05) is 36.4 Å². The van der Waals surface area contributed by atoms with Gasteiger partial charge < -0.3 is 4.90 Å². The van der Waals surface area contributed by atoms with Crippen molar-refractivity contribution < 1.29 is 18.4 Å². The van der Waals surface area contributed by atoms with Crippen molar-refractivity contribution in [1.82, 2.24) is 4.90 Å². The lowest BCUT2D eigenvalue weighted by Crippen LogP contribution is -2.44. The molecule has 1 heterocycles. The molecule has 1 amide bonds. The third-order valence-electron chi connectivity index (χ3n) is 7.97. The summed E-state index contributed by atoms with van der Waals surface area (Å²) in [5, 5.41) is 0. The molecule has 36 heavy (non-hydrogen) atoms. The van der Waals surface area contributed by atoms with E-state index in [-0.39, 0.29) is 54.6 Å². The lowest BCUT2D eigenvalue weighted by atomic mass is 9.67. The molecule has 2 aromatic rings. The standard InChI is InChI=1S/C31H33F2NO2/c1-20(2)26-16-24-19-34(27(35)15-21-17-31(32,33)18-21)14-13-25(24)30(36)29(26)28(22-9-5-3-6-10-22)23-11-7-4-8-12-23/h3-12,16,20-21,28-29H,13-15,17-19H2,1-2H3. The van der Waals surface area contributed by atoms with E-state index in [0.717, 1.165) is 27.8 Å². The van der Waals surface area contributed by atoms with Crippen molar-refractivity contribution >= 4 is 11.7 Å². The summed E-state index contributed by atoms with van der Waals surface area (Å²) in [4.78, 5) is 28.8. The van der Waals surface area contributed by atoms with Crippen molar-refractivity contribution in [2.75, 3.05) is 13.1 Å². The van der Waals surface area contributed by atoms with E-state index in [1.54, 1.807) is 4.90 Å². The molecule has 3 aliphatic rings. The first kappa shape index (κ1) is 24.6. The van der Waals surface area contributed by atoms with Crippen LogP contribution in [0.2, 0.25) is 0 Å². The zero-order valence-corrected chi connectivity index (χ0v) is 20.9. The number of ketones is 1. The van der Waals surface area contributed by atoms with E-state index in [1.165, 1.54) is 0 Å². The van der Waals surface area contributed by atoms with Gasteiger partial charge in [0.2, 0.25) is 11.8 Å². The van der Waals surface area contributed by atoms with Gasteiger partial charge in [0, 0.05) is 43.8 Å². The van der Waals surface area contributed by atoms with Crippen LogP contribution in [0.15, 0.2) is 83.5 Å². The second-order valence-electron chi connectivity index (χ2n) is 10.8. The number of hydrogen-bond donors (Lipinski definition) is 0. The summed E-state index contributed by atoms with van der Waals surface area (Å²) in [7, 11) is 0. The number of nitrogens with zero attached hydrogens (tertiary/aromatic N) is 1. The molecule has 0 spiro atoms. The fourth-order valence-corrected chi connectivity index (χ4v) is 6.12. The minimum absolute atomic E-state index is 0.0810. The number of hydrogen-bond acceptors (Lipinski definition) is 2. The first-order valence-electron chi connectivity index (χ1n) is 13.0. The number of rotatable bonds is 6. The minimum Gasteiger partial charge on any atom is -0.338 e. The number of alkyl halides is 2. The summed E-state index contributed by atoms with van der Waals surface area (Å²) >= 11 is 0. The third-order valence-corrected chi connectivity index (χ3v) is 7.97. The van der Waals surface area contributed by atoms with Gasteiger partial charge in [-0.2, -0.15) is 0 Å². The largest absolute Gasteiger partial charge is 0.338 e. The van der Waals surface area contributed by atoms with E-state index in [0.29, 0.717) is 19.5 Å². The molecule has 5 heteroatoms. The van der Waals surface area contributed by atoms with Gasteiger partial charge in [-0.1, -0.05) is 86.2 Å². The normalized spacial score (nSPS) is 21.9. The highest BCUT2D eigenvalue weighted by atomic mass is 19.3. The quantitative estimate of drug-likeness (QED) is 0.461. The number of benzene rings is 2. The summed E-state index contributed by atoms with van der Waals surface area (Å²) in [5.41, 5.74) is 5.05. The third kappa shape index (κ3) is 4.80. The summed E-state index contributed by atoms with van der Waals surface area (Å²) in [5.74, 6) is -3.01. The van der Waals surface area contributed by atoms with Crippen LogP contribution in [-0.2, 0) is 9.59 Å². The van der Waals surface area contributed by atoms with E-state index in [9.17, 15) is 18.4 Å². The van der Waals surface area contributed by atoms with Crippen LogP contribution < -0.4 is 0 Å². The lowest BCUT2D eigenvalue weighted by molar-refractivity contribution is -0.142. The maximum atomic E-state index is 14.2. The van der Waals surface area contributed by atoms with Gasteiger partial charge >= 0.3 is 0 Å². The Morgan fingerprint density at radius 3 is 2.11 bits per heavy atom. The molecule has 1 fully saturated rings. The minimum atomic E-state index is -2.61. The molecule has 0 N–H and O–H groups in total. The molecule has 0 bridgehead atoms. The Bertz CT molecular complexity index is 1150. The van der Waals surface area contributed by atoms with Crippen LogP contribution in [0.4, 0.5) is 8.78 Å². The summed E-state index contributed by atoms with van der Waals surface area (Å²) in [6, 6.07) is 20.4. The highest BCUT2D eigenvalue weighted by molar-refractivity contribution is 6.03. The summed E-state index contributed by atoms with van der Waals surface area (Å²) in [6.07, 6.45) is 2.44. The van der Waals surface area contributed by atoms with Gasteiger partial charge in [-0.15, -0.1) is 0 Å². The van der Waals surface area contributed by atoms with Crippen molar-refractivity contribution in [2.45, 2.75) is 51.4 Å². The molecule has 3 nitrogen and oxygen atoms in total. The predicted octanol–water partition coefficient (Wildman–Crippen LogP) is 6.56. The van der Waals surface area contributed by atoms with Crippen molar-refractivity contribution in [3.8, 4) is 0 Å².